The monoisotopic (exact) mass is 322 g/mol. The van der Waals surface area contributed by atoms with Crippen LogP contribution in [0.2, 0.25) is 0 Å². The van der Waals surface area contributed by atoms with Gasteiger partial charge >= 0.3 is 11.5 Å². The van der Waals surface area contributed by atoms with E-state index in [1.807, 2.05) is 0 Å². The fraction of sp³-hybridized carbons (Fsp3) is 0.308. The zero-order chi connectivity index (χ0) is 15.9. The molecule has 0 saturated carbocycles. The molecule has 0 aliphatic heterocycles. The molecule has 0 amide bonds. The summed E-state index contributed by atoms with van der Waals surface area (Å²) in [6, 6.07) is 4.64. The molecule has 1 rings (SSSR count). The molecule has 0 aliphatic rings. The zero-order valence-electron chi connectivity index (χ0n) is 11.0. The van der Waals surface area contributed by atoms with E-state index in [1.54, 1.807) is 12.1 Å². The highest BCUT2D eigenvalue weighted by Crippen LogP contribution is 2.30. The lowest BCUT2D eigenvalue weighted by Crippen LogP contribution is -2.08. The lowest BCUT2D eigenvalue weighted by atomic mass is 10.1. The summed E-state index contributed by atoms with van der Waals surface area (Å²) in [5.41, 5.74) is -3.86. The van der Waals surface area contributed by atoms with Crippen LogP contribution >= 0.6 is 11.8 Å². The van der Waals surface area contributed by atoms with Crippen molar-refractivity contribution in [1.29, 1.82) is 0 Å². The molecule has 0 atom stereocenters. The van der Waals surface area contributed by atoms with Crippen molar-refractivity contribution in [3.63, 3.8) is 0 Å². The molecule has 1 aromatic rings. The highest BCUT2D eigenvalue weighted by atomic mass is 32.2. The summed E-state index contributed by atoms with van der Waals surface area (Å²) in [4.78, 5) is 10.5. The van der Waals surface area contributed by atoms with Gasteiger partial charge in [-0.25, -0.2) is 4.79 Å². The second-order valence-corrected chi connectivity index (χ2v) is 4.88. The Morgan fingerprint density at radius 3 is 2.71 bits per heavy atom. The minimum Gasteiger partial charge on any atom is -0.497 e. The molecule has 0 aromatic heterocycles. The zero-order valence-corrected chi connectivity index (χ0v) is 11.8. The minimum atomic E-state index is -4.30. The summed E-state index contributed by atoms with van der Waals surface area (Å²) in [6.45, 7) is -0.161. The Labute approximate surface area is 123 Å². The fourth-order valence-electron chi connectivity index (χ4n) is 1.37. The number of thioether (sulfide) groups is 1. The molecule has 0 spiro atoms. The summed E-state index contributed by atoms with van der Waals surface area (Å²) >= 11 is -0.182. The first kappa shape index (κ1) is 17.2. The van der Waals surface area contributed by atoms with Gasteiger partial charge in [0.25, 0.3) is 0 Å². The number of aliphatic carboxylic acids is 1. The summed E-state index contributed by atoms with van der Waals surface area (Å²) in [5, 5.41) is 8.59. The quantitative estimate of drug-likeness (QED) is 0.616. The molecule has 0 saturated heterocycles. The van der Waals surface area contributed by atoms with Crippen molar-refractivity contribution in [2.24, 2.45) is 0 Å². The van der Waals surface area contributed by atoms with Crippen LogP contribution in [0.1, 0.15) is 5.56 Å². The van der Waals surface area contributed by atoms with E-state index in [-0.39, 0.29) is 29.9 Å². The van der Waals surface area contributed by atoms with E-state index in [9.17, 15) is 18.0 Å². The third-order valence-electron chi connectivity index (χ3n) is 2.23. The molecule has 1 aromatic carbocycles. The lowest BCUT2D eigenvalue weighted by molar-refractivity contribution is -0.131. The number of carboxylic acids is 1. The average molecular weight is 322 g/mol. The molecule has 0 heterocycles. The first-order valence-corrected chi connectivity index (χ1v) is 6.73. The van der Waals surface area contributed by atoms with Crippen LogP contribution in [0.3, 0.4) is 0 Å². The number of hydrogen-bond donors (Lipinski definition) is 1. The van der Waals surface area contributed by atoms with E-state index in [2.05, 4.69) is 0 Å². The molecule has 4 nitrogen and oxygen atoms in total. The van der Waals surface area contributed by atoms with Gasteiger partial charge in [-0.1, -0.05) is 0 Å². The highest BCUT2D eigenvalue weighted by Gasteiger charge is 2.27. The van der Waals surface area contributed by atoms with E-state index in [0.29, 0.717) is 11.3 Å². The molecule has 21 heavy (non-hydrogen) atoms. The second-order valence-electron chi connectivity index (χ2n) is 3.72. The van der Waals surface area contributed by atoms with Crippen LogP contribution < -0.4 is 9.47 Å². The van der Waals surface area contributed by atoms with E-state index >= 15 is 0 Å². The number of ether oxygens (including phenoxy) is 2. The number of carbonyl (C=O) groups is 1. The third-order valence-corrected chi connectivity index (χ3v) is 2.93. The summed E-state index contributed by atoms with van der Waals surface area (Å²) in [6.07, 6.45) is 2.22. The Balaban J connectivity index is 2.74. The SMILES string of the molecule is COc1ccc(/C=C/C(=O)O)c(OCCSC(F)(F)F)c1. The van der Waals surface area contributed by atoms with E-state index < -0.39 is 11.5 Å². The Hall–Kier alpha value is -1.83. The first-order valence-electron chi connectivity index (χ1n) is 5.74. The van der Waals surface area contributed by atoms with Gasteiger partial charge < -0.3 is 14.6 Å². The molecule has 0 fully saturated rings. The van der Waals surface area contributed by atoms with Gasteiger partial charge in [-0.05, 0) is 30.0 Å². The van der Waals surface area contributed by atoms with Crippen molar-refractivity contribution >= 4 is 23.8 Å². The summed E-state index contributed by atoms with van der Waals surface area (Å²) in [7, 11) is 1.44. The van der Waals surface area contributed by atoms with Gasteiger partial charge in [-0.3, -0.25) is 0 Å². The molecule has 0 radical (unpaired) electrons. The van der Waals surface area contributed by atoms with Gasteiger partial charge in [0.2, 0.25) is 0 Å². The smallest absolute Gasteiger partial charge is 0.441 e. The Morgan fingerprint density at radius 2 is 2.14 bits per heavy atom. The maximum atomic E-state index is 12.0. The second kappa shape index (κ2) is 7.82. The lowest BCUT2D eigenvalue weighted by Gasteiger charge is -2.11. The predicted octanol–water partition coefficient (Wildman–Crippen LogP) is 3.42. The number of benzene rings is 1. The fourth-order valence-corrected chi connectivity index (χ4v) is 1.77. The Kier molecular flexibility index (Phi) is 6.41. The maximum absolute atomic E-state index is 12.0. The van der Waals surface area contributed by atoms with Crippen LogP contribution in [0.4, 0.5) is 13.2 Å². The van der Waals surface area contributed by atoms with Gasteiger partial charge in [0, 0.05) is 23.5 Å². The van der Waals surface area contributed by atoms with Crippen molar-refractivity contribution < 1.29 is 32.5 Å². The molecule has 8 heteroatoms. The molecule has 0 unspecified atom stereocenters. The Bertz CT molecular complexity index is 515. The largest absolute Gasteiger partial charge is 0.497 e. The van der Waals surface area contributed by atoms with Crippen LogP contribution in [-0.2, 0) is 4.79 Å². The number of halogens is 3. The van der Waals surface area contributed by atoms with Crippen molar-refractivity contribution in [2.75, 3.05) is 19.5 Å². The summed E-state index contributed by atoms with van der Waals surface area (Å²) < 4.78 is 46.3. The summed E-state index contributed by atoms with van der Waals surface area (Å²) in [5.74, 6) is -0.678. The normalized spacial score (nSPS) is 11.6. The van der Waals surface area contributed by atoms with Gasteiger partial charge in [0.05, 0.1) is 13.7 Å². The first-order chi connectivity index (χ1) is 9.81. The number of alkyl halides is 3. The molecule has 116 valence electrons. The standard InChI is InChI=1S/C13H13F3O4S/c1-19-10-4-2-9(3-5-12(17)18)11(8-10)20-6-7-21-13(14,15)16/h2-5,8H,6-7H2,1H3,(H,17,18)/b5-3+. The van der Waals surface area contributed by atoms with Crippen LogP contribution in [0.25, 0.3) is 6.08 Å². The number of carboxylic acid groups (broad SMARTS) is 1. The molecule has 1 N–H and O–H groups in total. The van der Waals surface area contributed by atoms with E-state index in [4.69, 9.17) is 14.6 Å². The van der Waals surface area contributed by atoms with Crippen LogP contribution in [-0.4, -0.2) is 36.1 Å². The highest BCUT2D eigenvalue weighted by molar-refractivity contribution is 8.00. The number of methoxy groups -OCH3 is 1. The van der Waals surface area contributed by atoms with Crippen LogP contribution in [0, 0.1) is 0 Å². The van der Waals surface area contributed by atoms with Crippen LogP contribution in [0.15, 0.2) is 24.3 Å². The molecular weight excluding hydrogens is 309 g/mol. The van der Waals surface area contributed by atoms with Crippen molar-refractivity contribution in [1.82, 2.24) is 0 Å². The molecule has 0 bridgehead atoms. The van der Waals surface area contributed by atoms with Gasteiger partial charge in [0.15, 0.2) is 0 Å². The van der Waals surface area contributed by atoms with Gasteiger partial charge in [0.1, 0.15) is 11.5 Å². The van der Waals surface area contributed by atoms with Gasteiger partial charge in [-0.15, -0.1) is 0 Å². The Morgan fingerprint density at radius 1 is 1.43 bits per heavy atom. The van der Waals surface area contributed by atoms with Crippen molar-refractivity contribution in [3.8, 4) is 11.5 Å². The minimum absolute atomic E-state index is 0.161. The maximum Gasteiger partial charge on any atom is 0.441 e. The van der Waals surface area contributed by atoms with Crippen molar-refractivity contribution in [3.05, 3.63) is 29.8 Å². The van der Waals surface area contributed by atoms with Gasteiger partial charge in [-0.2, -0.15) is 13.2 Å². The third kappa shape index (κ3) is 6.94. The van der Waals surface area contributed by atoms with Crippen LogP contribution in [0.5, 0.6) is 11.5 Å². The topological polar surface area (TPSA) is 55.8 Å². The average Bonchev–Trinajstić information content (AvgIpc) is 2.40. The number of hydrogen-bond acceptors (Lipinski definition) is 4. The molecule has 0 aliphatic carbocycles. The van der Waals surface area contributed by atoms with E-state index in [1.165, 1.54) is 19.3 Å². The molecular formula is C13H13F3O4S. The van der Waals surface area contributed by atoms with E-state index in [0.717, 1.165) is 6.08 Å². The number of rotatable bonds is 7. The predicted molar refractivity (Wildman–Crippen MR) is 73.7 cm³/mol. The van der Waals surface area contributed by atoms with Crippen molar-refractivity contribution in [2.45, 2.75) is 5.51 Å².